The van der Waals surface area contributed by atoms with Gasteiger partial charge in [0.1, 0.15) is 7.05 Å². The summed E-state index contributed by atoms with van der Waals surface area (Å²) in [7, 11) is 1.98. The SMILES string of the molecule is [2H]C1([2H])CCCCCC([2H])([2H])c2cccc3cc(C)c(cc23)-c2cc1cc[n+]2C. The van der Waals surface area contributed by atoms with Gasteiger partial charge in [-0.25, -0.2) is 4.57 Å². The van der Waals surface area contributed by atoms with Gasteiger partial charge in [-0.05, 0) is 66.0 Å². The average Bonchev–Trinajstić information content (AvgIpc) is 2.66. The van der Waals surface area contributed by atoms with Crippen LogP contribution in [0.3, 0.4) is 0 Å². The number of hydrogen-bond donors (Lipinski definition) is 0. The minimum Gasteiger partial charge on any atom is -0.201 e. The predicted molar refractivity (Wildman–Crippen MR) is 106 cm³/mol. The number of rotatable bonds is 0. The van der Waals surface area contributed by atoms with E-state index in [1.165, 1.54) is 0 Å². The predicted octanol–water partition coefficient (Wildman–Crippen LogP) is 5.69. The summed E-state index contributed by atoms with van der Waals surface area (Å²) < 4.78 is 36.7. The highest BCUT2D eigenvalue weighted by atomic mass is 14.9. The molecule has 1 nitrogen and oxygen atoms in total. The molecule has 0 aliphatic heterocycles. The molecule has 1 heterocycles. The molecule has 25 heavy (non-hydrogen) atoms. The fourth-order valence-corrected chi connectivity index (χ4v) is 3.70. The van der Waals surface area contributed by atoms with Crippen LogP contribution >= 0.6 is 0 Å². The van der Waals surface area contributed by atoms with E-state index in [9.17, 15) is 0 Å². The van der Waals surface area contributed by atoms with Gasteiger partial charge in [0.15, 0.2) is 6.20 Å². The number of hydrogen-bond acceptors (Lipinski definition) is 0. The highest BCUT2D eigenvalue weighted by Gasteiger charge is 2.15. The molecule has 0 N–H and O–H groups in total. The van der Waals surface area contributed by atoms with Crippen molar-refractivity contribution in [1.29, 1.82) is 0 Å². The Balaban J connectivity index is 2.02. The lowest BCUT2D eigenvalue weighted by molar-refractivity contribution is -0.660. The summed E-state index contributed by atoms with van der Waals surface area (Å²) >= 11 is 0. The van der Waals surface area contributed by atoms with E-state index in [4.69, 9.17) is 5.48 Å². The third-order valence-corrected chi connectivity index (χ3v) is 5.15. The second kappa shape index (κ2) is 7.00. The zero-order valence-corrected chi connectivity index (χ0v) is 15.1. The van der Waals surface area contributed by atoms with Crippen LogP contribution in [-0.2, 0) is 19.8 Å². The number of aromatic nitrogens is 1. The van der Waals surface area contributed by atoms with Crippen LogP contribution in [0.4, 0.5) is 0 Å². The Morgan fingerprint density at radius 2 is 1.72 bits per heavy atom. The minimum absolute atomic E-state index is 0.456. The maximum Gasteiger partial charge on any atom is 0.212 e. The van der Waals surface area contributed by atoms with Gasteiger partial charge in [0, 0.05) is 23.2 Å². The van der Waals surface area contributed by atoms with E-state index in [0.29, 0.717) is 18.4 Å². The van der Waals surface area contributed by atoms with Crippen LogP contribution in [0.1, 0.15) is 54.3 Å². The second-order valence-corrected chi connectivity index (χ2v) is 7.02. The van der Waals surface area contributed by atoms with Crippen LogP contribution in [0, 0.1) is 6.92 Å². The molecule has 0 fully saturated rings. The summed E-state index contributed by atoms with van der Waals surface area (Å²) in [5, 5.41) is 2.00. The third kappa shape index (κ3) is 3.33. The summed E-state index contributed by atoms with van der Waals surface area (Å²) in [5.74, 6) is 0. The minimum atomic E-state index is -1.40. The van der Waals surface area contributed by atoms with Crippen molar-refractivity contribution in [2.45, 2.75) is 51.8 Å². The first-order chi connectivity index (χ1) is 13.7. The monoisotopic (exact) mass is 334 g/mol. The molecule has 0 amide bonds. The van der Waals surface area contributed by atoms with E-state index in [1.807, 2.05) is 48.1 Å². The molecule has 1 aliphatic rings. The Kier molecular flexibility index (Phi) is 3.43. The van der Waals surface area contributed by atoms with Gasteiger partial charge in [0.25, 0.3) is 0 Å². The summed E-state index contributed by atoms with van der Waals surface area (Å²) in [6.45, 7) is 2.07. The number of benzene rings is 2. The van der Waals surface area contributed by atoms with Gasteiger partial charge in [-0.15, -0.1) is 0 Å². The Bertz CT molecular complexity index is 1070. The van der Waals surface area contributed by atoms with Crippen molar-refractivity contribution in [3.8, 4) is 11.3 Å². The summed E-state index contributed by atoms with van der Waals surface area (Å²) in [4.78, 5) is 0. The van der Waals surface area contributed by atoms with E-state index >= 15 is 0 Å². The molecule has 1 aromatic heterocycles. The second-order valence-electron chi connectivity index (χ2n) is 7.02. The Morgan fingerprint density at radius 3 is 2.60 bits per heavy atom. The zero-order valence-electron chi connectivity index (χ0n) is 19.1. The molecular weight excluding hydrogens is 302 g/mol. The zero-order chi connectivity index (χ0) is 20.8. The van der Waals surface area contributed by atoms with Crippen molar-refractivity contribution in [3.05, 3.63) is 65.4 Å². The first-order valence-electron chi connectivity index (χ1n) is 11.2. The van der Waals surface area contributed by atoms with Crippen molar-refractivity contribution >= 4 is 10.8 Å². The molecule has 3 aromatic rings. The standard InChI is InChI=1S/C24H28N/c1-18-15-21-12-8-11-20-10-7-5-3-4-6-9-19-13-14-25(2)24(16-19)22(18)17-23(20)21/h8,11-17H,3-7,9-10H2,1-2H3/q+1/i9D2,10D2. The molecule has 0 atom stereocenters. The molecule has 4 bridgehead atoms. The lowest BCUT2D eigenvalue weighted by Gasteiger charge is -2.13. The molecule has 0 saturated heterocycles. The first-order valence-corrected chi connectivity index (χ1v) is 9.23. The topological polar surface area (TPSA) is 3.88 Å². The molecule has 1 aliphatic carbocycles. The van der Waals surface area contributed by atoms with Crippen LogP contribution in [-0.4, -0.2) is 0 Å². The number of nitrogens with zero attached hydrogens (tertiary/aromatic N) is 1. The molecule has 2 aromatic carbocycles. The van der Waals surface area contributed by atoms with Crippen LogP contribution in [0.5, 0.6) is 0 Å². The lowest BCUT2D eigenvalue weighted by atomic mass is 9.93. The molecule has 1 heteroatoms. The molecular formula is C24H28N+. The highest BCUT2D eigenvalue weighted by Crippen LogP contribution is 2.30. The maximum atomic E-state index is 8.73. The van der Waals surface area contributed by atoms with Crippen molar-refractivity contribution in [2.75, 3.05) is 0 Å². The van der Waals surface area contributed by atoms with Gasteiger partial charge < -0.3 is 0 Å². The number of fused-ring (bicyclic) bond motifs is 4. The van der Waals surface area contributed by atoms with E-state index in [0.717, 1.165) is 52.4 Å². The summed E-state index contributed by atoms with van der Waals surface area (Å²) in [5.41, 5.74) is 4.56. The smallest absolute Gasteiger partial charge is 0.201 e. The Hall–Kier alpha value is -2.15. The summed E-state index contributed by atoms with van der Waals surface area (Å²) in [6, 6.07) is 14.0. The number of pyridine rings is 1. The van der Waals surface area contributed by atoms with Gasteiger partial charge in [-0.1, -0.05) is 43.5 Å². The fourth-order valence-electron chi connectivity index (χ4n) is 3.70. The van der Waals surface area contributed by atoms with Crippen LogP contribution < -0.4 is 4.57 Å². The van der Waals surface area contributed by atoms with Gasteiger partial charge in [0.05, 0.1) is 0 Å². The van der Waals surface area contributed by atoms with Gasteiger partial charge >= 0.3 is 0 Å². The van der Waals surface area contributed by atoms with Gasteiger partial charge in [-0.2, -0.15) is 0 Å². The normalized spacial score (nSPS) is 21.7. The quantitative estimate of drug-likeness (QED) is 0.465. The van der Waals surface area contributed by atoms with Crippen molar-refractivity contribution in [3.63, 3.8) is 0 Å². The van der Waals surface area contributed by atoms with E-state index in [1.54, 1.807) is 0 Å². The van der Waals surface area contributed by atoms with Crippen molar-refractivity contribution < 1.29 is 10.1 Å². The third-order valence-electron chi connectivity index (χ3n) is 5.15. The largest absolute Gasteiger partial charge is 0.212 e. The van der Waals surface area contributed by atoms with E-state index in [2.05, 4.69) is 19.1 Å². The Labute approximate surface area is 156 Å². The van der Waals surface area contributed by atoms with E-state index < -0.39 is 12.7 Å². The molecule has 128 valence electrons. The molecule has 0 radical (unpaired) electrons. The lowest BCUT2D eigenvalue weighted by Crippen LogP contribution is -2.30. The first kappa shape index (κ1) is 12.2. The average molecular weight is 335 g/mol. The highest BCUT2D eigenvalue weighted by molar-refractivity contribution is 5.90. The fraction of sp³-hybridized carbons (Fsp3) is 0.375. The van der Waals surface area contributed by atoms with Crippen molar-refractivity contribution in [2.24, 2.45) is 7.05 Å². The molecule has 0 saturated carbocycles. The Morgan fingerprint density at radius 1 is 0.920 bits per heavy atom. The molecule has 0 spiro atoms. The van der Waals surface area contributed by atoms with E-state index in [-0.39, 0.29) is 0 Å². The molecule has 0 unspecified atom stereocenters. The summed E-state index contributed by atoms with van der Waals surface area (Å²) in [6.07, 6.45) is 2.41. The maximum absolute atomic E-state index is 8.73. The number of aryl methyl sites for hydroxylation is 4. The molecule has 4 rings (SSSR count). The van der Waals surface area contributed by atoms with Crippen LogP contribution in [0.15, 0.2) is 48.7 Å². The van der Waals surface area contributed by atoms with Crippen molar-refractivity contribution in [1.82, 2.24) is 0 Å². The van der Waals surface area contributed by atoms with Gasteiger partial charge in [0.2, 0.25) is 5.69 Å². The van der Waals surface area contributed by atoms with Crippen LogP contribution in [0.25, 0.3) is 22.0 Å². The van der Waals surface area contributed by atoms with Gasteiger partial charge in [-0.3, -0.25) is 0 Å². The van der Waals surface area contributed by atoms with Crippen LogP contribution in [0.2, 0.25) is 0 Å².